The Morgan fingerprint density at radius 1 is 1.26 bits per heavy atom. The Kier molecular flexibility index (Phi) is 4.05. The van der Waals surface area contributed by atoms with E-state index in [4.69, 9.17) is 9.47 Å². The van der Waals surface area contributed by atoms with Crippen molar-refractivity contribution in [2.45, 2.75) is 77.4 Å². The fraction of sp³-hybridized carbons (Fsp3) is 0.682. The number of carbonyl (C=O) groups is 1. The molecule has 27 heavy (non-hydrogen) atoms. The number of aromatic hydroxyl groups is 2. The summed E-state index contributed by atoms with van der Waals surface area (Å²) in [6.45, 7) is 10.4. The molecule has 2 aliphatic carbocycles. The lowest BCUT2D eigenvalue weighted by atomic mass is 9.47. The standard InChI is InChI=1S/C22H30O5/c1-11(2)14-6-15-16-7-17-21(4,5)8-13(27-12(3)23)9-22(17,10-26-16)18(15)20(25)19(14)24/h6,11,13,16-17,24-25H,7-10H2,1-5H3/t13-,16-,17-,22+/m0/s1. The van der Waals surface area contributed by atoms with E-state index in [1.165, 1.54) is 6.92 Å². The first-order chi connectivity index (χ1) is 12.6. The molecule has 5 nitrogen and oxygen atoms in total. The van der Waals surface area contributed by atoms with Crippen LogP contribution in [0.1, 0.15) is 82.6 Å². The number of phenols is 2. The topological polar surface area (TPSA) is 76.0 Å². The predicted molar refractivity (Wildman–Crippen MR) is 101 cm³/mol. The van der Waals surface area contributed by atoms with Gasteiger partial charge in [-0.05, 0) is 48.1 Å². The van der Waals surface area contributed by atoms with Gasteiger partial charge in [-0.1, -0.05) is 27.7 Å². The number of phenolic OH excluding ortho intramolecular Hbond substituents is 2. The Morgan fingerprint density at radius 3 is 2.59 bits per heavy atom. The van der Waals surface area contributed by atoms with Gasteiger partial charge in [0.2, 0.25) is 0 Å². The molecule has 2 N–H and O–H groups in total. The molecule has 1 saturated carbocycles. The molecule has 1 saturated heterocycles. The molecule has 1 aromatic rings. The average Bonchev–Trinajstić information content (AvgIpc) is 2.55. The van der Waals surface area contributed by atoms with Gasteiger partial charge in [-0.25, -0.2) is 0 Å². The van der Waals surface area contributed by atoms with E-state index in [1.54, 1.807) is 0 Å². The van der Waals surface area contributed by atoms with E-state index < -0.39 is 5.41 Å². The van der Waals surface area contributed by atoms with Crippen molar-refractivity contribution in [2.24, 2.45) is 11.3 Å². The predicted octanol–water partition coefficient (Wildman–Crippen LogP) is 4.30. The molecule has 2 aliphatic heterocycles. The summed E-state index contributed by atoms with van der Waals surface area (Å²) in [7, 11) is 0. The van der Waals surface area contributed by atoms with Crippen LogP contribution in [-0.4, -0.2) is 28.9 Å². The fourth-order valence-corrected chi connectivity index (χ4v) is 6.13. The Morgan fingerprint density at radius 2 is 1.96 bits per heavy atom. The minimum absolute atomic E-state index is 0.00604. The summed E-state index contributed by atoms with van der Waals surface area (Å²) in [5, 5.41) is 21.8. The quantitative estimate of drug-likeness (QED) is 0.596. The number of carbonyl (C=O) groups excluding carboxylic acids is 1. The molecule has 1 aromatic carbocycles. The normalized spacial score (nSPS) is 33.5. The summed E-state index contributed by atoms with van der Waals surface area (Å²) in [5.74, 6) is 0.105. The number of ether oxygens (including phenoxy) is 2. The lowest BCUT2D eigenvalue weighted by molar-refractivity contribution is -0.177. The monoisotopic (exact) mass is 374 g/mol. The summed E-state index contributed by atoms with van der Waals surface area (Å²) < 4.78 is 11.8. The summed E-state index contributed by atoms with van der Waals surface area (Å²) >= 11 is 0. The van der Waals surface area contributed by atoms with Crippen LogP contribution in [0.4, 0.5) is 0 Å². The van der Waals surface area contributed by atoms with E-state index in [0.29, 0.717) is 18.9 Å². The molecule has 148 valence electrons. The third kappa shape index (κ3) is 2.58. The van der Waals surface area contributed by atoms with Crippen LogP contribution in [-0.2, 0) is 19.7 Å². The van der Waals surface area contributed by atoms with Gasteiger partial charge in [0.1, 0.15) is 6.10 Å². The van der Waals surface area contributed by atoms with Gasteiger partial charge in [-0.15, -0.1) is 0 Å². The maximum absolute atomic E-state index is 11.6. The molecule has 5 rings (SSSR count). The second-order valence-electron chi connectivity index (χ2n) is 9.65. The van der Waals surface area contributed by atoms with Crippen molar-refractivity contribution in [2.75, 3.05) is 6.61 Å². The number of rotatable bonds is 2. The highest BCUT2D eigenvalue weighted by molar-refractivity contribution is 5.66. The largest absolute Gasteiger partial charge is 0.504 e. The lowest BCUT2D eigenvalue weighted by Gasteiger charge is -2.61. The van der Waals surface area contributed by atoms with Crippen molar-refractivity contribution >= 4 is 5.97 Å². The summed E-state index contributed by atoms with van der Waals surface area (Å²) in [6.07, 6.45) is 2.05. The maximum Gasteiger partial charge on any atom is 0.302 e. The summed E-state index contributed by atoms with van der Waals surface area (Å²) in [4.78, 5) is 11.6. The molecule has 2 heterocycles. The van der Waals surface area contributed by atoms with Crippen LogP contribution in [0.15, 0.2) is 6.07 Å². The molecular weight excluding hydrogens is 344 g/mol. The van der Waals surface area contributed by atoms with E-state index >= 15 is 0 Å². The minimum Gasteiger partial charge on any atom is -0.504 e. The average molecular weight is 374 g/mol. The van der Waals surface area contributed by atoms with Gasteiger partial charge in [0.25, 0.3) is 0 Å². The van der Waals surface area contributed by atoms with Gasteiger partial charge in [0.15, 0.2) is 11.5 Å². The Balaban J connectivity index is 1.90. The maximum atomic E-state index is 11.6. The van der Waals surface area contributed by atoms with Crippen LogP contribution in [0.2, 0.25) is 0 Å². The summed E-state index contributed by atoms with van der Waals surface area (Å²) in [5.41, 5.74) is 2.07. The highest BCUT2D eigenvalue weighted by Gasteiger charge is 2.62. The first-order valence-electron chi connectivity index (χ1n) is 9.95. The van der Waals surface area contributed by atoms with Gasteiger partial charge in [-0.3, -0.25) is 4.79 Å². The molecule has 4 atom stereocenters. The zero-order valence-corrected chi connectivity index (χ0v) is 16.8. The zero-order valence-electron chi connectivity index (χ0n) is 16.8. The van der Waals surface area contributed by atoms with Crippen molar-refractivity contribution in [3.8, 4) is 11.5 Å². The Hall–Kier alpha value is -1.75. The molecule has 2 fully saturated rings. The molecule has 1 spiro atoms. The van der Waals surface area contributed by atoms with Gasteiger partial charge in [0.05, 0.1) is 12.7 Å². The van der Waals surface area contributed by atoms with Crippen molar-refractivity contribution in [1.29, 1.82) is 0 Å². The van der Waals surface area contributed by atoms with E-state index in [2.05, 4.69) is 13.8 Å². The van der Waals surface area contributed by atoms with E-state index in [-0.39, 0.29) is 41.0 Å². The zero-order chi connectivity index (χ0) is 19.7. The smallest absolute Gasteiger partial charge is 0.302 e. The molecule has 0 radical (unpaired) electrons. The molecule has 0 amide bonds. The van der Waals surface area contributed by atoms with Crippen LogP contribution in [0, 0.1) is 11.3 Å². The van der Waals surface area contributed by atoms with E-state index in [1.807, 2.05) is 19.9 Å². The number of fused-ring (bicyclic) bond motifs is 1. The minimum atomic E-state index is -0.441. The van der Waals surface area contributed by atoms with Gasteiger partial charge < -0.3 is 19.7 Å². The van der Waals surface area contributed by atoms with Crippen LogP contribution in [0.25, 0.3) is 0 Å². The van der Waals surface area contributed by atoms with Crippen molar-refractivity contribution in [3.05, 3.63) is 22.8 Å². The van der Waals surface area contributed by atoms with Gasteiger partial charge in [-0.2, -0.15) is 0 Å². The molecular formula is C22H30O5. The third-order valence-electron chi connectivity index (χ3n) is 7.08. The van der Waals surface area contributed by atoms with Crippen molar-refractivity contribution in [1.82, 2.24) is 0 Å². The summed E-state index contributed by atoms with van der Waals surface area (Å²) in [6, 6.07) is 2.01. The lowest BCUT2D eigenvalue weighted by Crippen LogP contribution is -2.60. The highest BCUT2D eigenvalue weighted by atomic mass is 16.5. The first-order valence-corrected chi connectivity index (χ1v) is 9.95. The van der Waals surface area contributed by atoms with Gasteiger partial charge in [0, 0.05) is 23.5 Å². The molecule has 0 aromatic heterocycles. The molecule has 0 unspecified atom stereocenters. The number of hydrogen-bond donors (Lipinski definition) is 2. The van der Waals surface area contributed by atoms with E-state index in [9.17, 15) is 15.0 Å². The Labute approximate surface area is 160 Å². The van der Waals surface area contributed by atoms with Crippen LogP contribution < -0.4 is 0 Å². The van der Waals surface area contributed by atoms with Crippen LogP contribution in [0.3, 0.4) is 0 Å². The highest BCUT2D eigenvalue weighted by Crippen LogP contribution is 2.66. The van der Waals surface area contributed by atoms with Crippen molar-refractivity contribution in [3.63, 3.8) is 0 Å². The van der Waals surface area contributed by atoms with E-state index in [0.717, 1.165) is 29.5 Å². The molecule has 2 bridgehead atoms. The van der Waals surface area contributed by atoms with Crippen molar-refractivity contribution < 1.29 is 24.5 Å². The van der Waals surface area contributed by atoms with Crippen LogP contribution >= 0.6 is 0 Å². The Bertz CT molecular complexity index is 796. The third-order valence-corrected chi connectivity index (χ3v) is 7.08. The second kappa shape index (κ2) is 5.87. The van der Waals surface area contributed by atoms with Crippen LogP contribution in [0.5, 0.6) is 11.5 Å². The number of esters is 1. The SMILES string of the molecule is CC(=O)O[C@H]1CC(C)(C)[C@@H]2C[C@@H]3OC[C@@]2(C1)c1c3cc(C(C)C)c(O)c1O. The first kappa shape index (κ1) is 18.6. The molecule has 5 heteroatoms. The number of hydrogen-bond acceptors (Lipinski definition) is 5. The second-order valence-corrected chi connectivity index (χ2v) is 9.65. The molecule has 4 aliphatic rings. The number of benzene rings is 1. The van der Waals surface area contributed by atoms with Gasteiger partial charge >= 0.3 is 5.97 Å². The fourth-order valence-electron chi connectivity index (χ4n) is 6.13.